The van der Waals surface area contributed by atoms with Crippen molar-refractivity contribution < 1.29 is 23.7 Å². The maximum Gasteiger partial charge on any atom is 0.318 e. The van der Waals surface area contributed by atoms with E-state index in [0.29, 0.717) is 5.75 Å². The molecule has 0 saturated carbocycles. The van der Waals surface area contributed by atoms with E-state index in [-0.39, 0.29) is 5.97 Å². The zero-order valence-corrected chi connectivity index (χ0v) is 20.3. The second-order valence-electron chi connectivity index (χ2n) is 8.16. The maximum atomic E-state index is 12.8. The Morgan fingerprint density at radius 1 is 0.629 bits per heavy atom. The van der Waals surface area contributed by atoms with Crippen LogP contribution in [0.15, 0.2) is 78.9 Å². The Labute approximate surface area is 205 Å². The second kappa shape index (κ2) is 10.8. The van der Waals surface area contributed by atoms with Gasteiger partial charge in [0.2, 0.25) is 0 Å². The third kappa shape index (κ3) is 5.82. The molecule has 1 atom stereocenters. The van der Waals surface area contributed by atoms with Crippen LogP contribution in [-0.4, -0.2) is 27.3 Å². The van der Waals surface area contributed by atoms with Gasteiger partial charge in [0.25, 0.3) is 0 Å². The summed E-state index contributed by atoms with van der Waals surface area (Å²) in [6, 6.07) is 24.9. The van der Waals surface area contributed by atoms with E-state index in [1.54, 1.807) is 33.5 Å². The molecule has 0 heterocycles. The Morgan fingerprint density at radius 2 is 1.20 bits per heavy atom. The molecular formula is C30H28O5. The first-order chi connectivity index (χ1) is 17.0. The first-order valence-corrected chi connectivity index (χ1v) is 11.3. The summed E-state index contributed by atoms with van der Waals surface area (Å²) in [4.78, 5) is 12.8. The van der Waals surface area contributed by atoms with Crippen LogP contribution >= 0.6 is 0 Å². The number of hydrogen-bond acceptors (Lipinski definition) is 5. The van der Waals surface area contributed by atoms with Crippen molar-refractivity contribution >= 4 is 28.9 Å². The molecule has 0 unspecified atom stereocenters. The number of hydrogen-bond donors (Lipinski definition) is 0. The summed E-state index contributed by atoms with van der Waals surface area (Å²) in [6.07, 6.45) is 3.95. The molecule has 4 rings (SSSR count). The van der Waals surface area contributed by atoms with Crippen LogP contribution in [0, 0.1) is 0 Å². The minimum Gasteiger partial charge on any atom is -0.497 e. The molecule has 0 aliphatic heterocycles. The molecule has 4 aromatic carbocycles. The standard InChI is InChI=1S/C30H28O5/c1-20(23-9-10-25-18-27(32-2)14-11-24(25)17-23)30(31)35-26-12-7-21(8-13-26)5-6-22-15-28(33-3)19-29(16-22)34-4/h5-20H,1-4H3/t20-/m0/s1. The number of rotatable bonds is 8. The van der Waals surface area contributed by atoms with Crippen molar-refractivity contribution in [2.75, 3.05) is 21.3 Å². The Hall–Kier alpha value is -4.25. The number of ether oxygens (including phenoxy) is 4. The summed E-state index contributed by atoms with van der Waals surface area (Å²) in [7, 11) is 4.90. The zero-order valence-electron chi connectivity index (χ0n) is 20.3. The normalized spacial score (nSPS) is 11.9. The van der Waals surface area contributed by atoms with Crippen LogP contribution in [0.25, 0.3) is 22.9 Å². The van der Waals surface area contributed by atoms with E-state index in [9.17, 15) is 4.79 Å². The molecule has 0 spiro atoms. The van der Waals surface area contributed by atoms with Crippen LogP contribution in [0.5, 0.6) is 23.0 Å². The lowest BCUT2D eigenvalue weighted by atomic mass is 9.98. The highest BCUT2D eigenvalue weighted by Crippen LogP contribution is 2.27. The first kappa shape index (κ1) is 23.9. The third-order valence-electron chi connectivity index (χ3n) is 5.87. The van der Waals surface area contributed by atoms with Gasteiger partial charge in [0.05, 0.1) is 27.2 Å². The lowest BCUT2D eigenvalue weighted by Crippen LogP contribution is -2.16. The first-order valence-electron chi connectivity index (χ1n) is 11.3. The molecule has 5 nitrogen and oxygen atoms in total. The van der Waals surface area contributed by atoms with Crippen molar-refractivity contribution in [3.05, 3.63) is 95.6 Å². The molecule has 0 amide bonds. The summed E-state index contributed by atoms with van der Waals surface area (Å²) in [5, 5.41) is 2.11. The van der Waals surface area contributed by atoms with E-state index in [1.165, 1.54) is 0 Å². The van der Waals surface area contributed by atoms with Crippen LogP contribution < -0.4 is 18.9 Å². The van der Waals surface area contributed by atoms with Crippen molar-refractivity contribution in [1.29, 1.82) is 0 Å². The number of benzene rings is 4. The van der Waals surface area contributed by atoms with Crippen LogP contribution in [0.1, 0.15) is 29.5 Å². The van der Waals surface area contributed by atoms with Crippen molar-refractivity contribution in [2.45, 2.75) is 12.8 Å². The Balaban J connectivity index is 1.42. The Morgan fingerprint density at radius 3 is 1.86 bits per heavy atom. The molecule has 0 aromatic heterocycles. The number of carbonyl (C=O) groups excluding carboxylic acids is 1. The van der Waals surface area contributed by atoms with Gasteiger partial charge in [0.15, 0.2) is 0 Å². The van der Waals surface area contributed by atoms with Gasteiger partial charge in [0.1, 0.15) is 23.0 Å². The molecule has 0 fully saturated rings. The largest absolute Gasteiger partial charge is 0.497 e. The molecule has 0 aliphatic rings. The van der Waals surface area contributed by atoms with Crippen molar-refractivity contribution in [1.82, 2.24) is 0 Å². The topological polar surface area (TPSA) is 54.0 Å². The summed E-state index contributed by atoms with van der Waals surface area (Å²) in [5.74, 6) is 2.07. The van der Waals surface area contributed by atoms with E-state index in [4.69, 9.17) is 18.9 Å². The average molecular weight is 469 g/mol. The van der Waals surface area contributed by atoms with E-state index in [0.717, 1.165) is 44.7 Å². The lowest BCUT2D eigenvalue weighted by Gasteiger charge is -2.13. The highest BCUT2D eigenvalue weighted by Gasteiger charge is 2.18. The van der Waals surface area contributed by atoms with Crippen molar-refractivity contribution in [2.24, 2.45) is 0 Å². The van der Waals surface area contributed by atoms with Crippen LogP contribution in [0.3, 0.4) is 0 Å². The minimum atomic E-state index is -0.399. The molecule has 0 bridgehead atoms. The fraction of sp³-hybridized carbons (Fsp3) is 0.167. The summed E-state index contributed by atoms with van der Waals surface area (Å²) < 4.78 is 21.6. The van der Waals surface area contributed by atoms with Gasteiger partial charge in [-0.15, -0.1) is 0 Å². The molecule has 4 aromatic rings. The molecule has 0 aliphatic carbocycles. The van der Waals surface area contributed by atoms with Crippen LogP contribution in [0.4, 0.5) is 0 Å². The molecular weight excluding hydrogens is 440 g/mol. The summed E-state index contributed by atoms with van der Waals surface area (Å²) in [5.41, 5.74) is 2.84. The van der Waals surface area contributed by atoms with Gasteiger partial charge >= 0.3 is 5.97 Å². The van der Waals surface area contributed by atoms with E-state index in [2.05, 4.69) is 0 Å². The monoisotopic (exact) mass is 468 g/mol. The van der Waals surface area contributed by atoms with Gasteiger partial charge in [0, 0.05) is 6.07 Å². The van der Waals surface area contributed by atoms with Gasteiger partial charge < -0.3 is 18.9 Å². The molecule has 0 radical (unpaired) electrons. The lowest BCUT2D eigenvalue weighted by molar-refractivity contribution is -0.135. The van der Waals surface area contributed by atoms with Crippen molar-refractivity contribution in [3.63, 3.8) is 0 Å². The number of methoxy groups -OCH3 is 3. The summed E-state index contributed by atoms with van der Waals surface area (Å²) in [6.45, 7) is 1.85. The molecule has 0 saturated heterocycles. The minimum absolute atomic E-state index is 0.301. The highest BCUT2D eigenvalue weighted by atomic mass is 16.5. The van der Waals surface area contributed by atoms with E-state index >= 15 is 0 Å². The van der Waals surface area contributed by atoms with Gasteiger partial charge in [-0.05, 0) is 70.8 Å². The van der Waals surface area contributed by atoms with Gasteiger partial charge in [-0.2, -0.15) is 0 Å². The zero-order chi connectivity index (χ0) is 24.8. The quantitative estimate of drug-likeness (QED) is 0.163. The van der Waals surface area contributed by atoms with E-state index in [1.807, 2.05) is 85.8 Å². The predicted octanol–water partition coefficient (Wildman–Crippen LogP) is 6.75. The smallest absolute Gasteiger partial charge is 0.318 e. The molecule has 178 valence electrons. The summed E-state index contributed by atoms with van der Waals surface area (Å²) >= 11 is 0. The molecule has 5 heteroatoms. The average Bonchev–Trinajstić information content (AvgIpc) is 2.91. The van der Waals surface area contributed by atoms with Crippen molar-refractivity contribution in [3.8, 4) is 23.0 Å². The fourth-order valence-electron chi connectivity index (χ4n) is 3.74. The van der Waals surface area contributed by atoms with Gasteiger partial charge in [-0.3, -0.25) is 4.79 Å². The Kier molecular flexibility index (Phi) is 7.36. The van der Waals surface area contributed by atoms with Gasteiger partial charge in [-0.1, -0.05) is 48.6 Å². The number of fused-ring (bicyclic) bond motifs is 1. The Bertz CT molecular complexity index is 1330. The molecule has 0 N–H and O–H groups in total. The van der Waals surface area contributed by atoms with E-state index < -0.39 is 5.92 Å². The highest BCUT2D eigenvalue weighted by molar-refractivity contribution is 5.87. The SMILES string of the molecule is COc1cc(C=Cc2ccc(OC(=O)[C@@H](C)c3ccc4cc(OC)ccc4c3)cc2)cc(OC)c1. The second-order valence-corrected chi connectivity index (χ2v) is 8.16. The molecule has 35 heavy (non-hydrogen) atoms. The number of esters is 1. The van der Waals surface area contributed by atoms with Crippen LogP contribution in [0.2, 0.25) is 0 Å². The third-order valence-corrected chi connectivity index (χ3v) is 5.87. The number of carbonyl (C=O) groups is 1. The van der Waals surface area contributed by atoms with Gasteiger partial charge in [-0.25, -0.2) is 0 Å². The maximum absolute atomic E-state index is 12.8. The predicted molar refractivity (Wildman–Crippen MR) is 139 cm³/mol. The van der Waals surface area contributed by atoms with Crippen LogP contribution in [-0.2, 0) is 4.79 Å². The fourth-order valence-corrected chi connectivity index (χ4v) is 3.74.